The van der Waals surface area contributed by atoms with Crippen LogP contribution < -0.4 is 10.1 Å². The van der Waals surface area contributed by atoms with E-state index < -0.39 is 0 Å². The monoisotopic (exact) mass is 412 g/mol. The van der Waals surface area contributed by atoms with Gasteiger partial charge < -0.3 is 14.5 Å². The summed E-state index contributed by atoms with van der Waals surface area (Å²) in [6.45, 7) is 1.93. The molecule has 0 spiro atoms. The molecule has 0 saturated heterocycles. The number of methoxy groups -OCH3 is 1. The number of fused-ring (bicyclic) bond motifs is 4. The first kappa shape index (κ1) is 19.4. The molecule has 2 aromatic heterocycles. The molecule has 1 amide bonds. The second-order valence-corrected chi connectivity index (χ2v) is 7.95. The minimum Gasteiger partial charge on any atom is -0.496 e. The van der Waals surface area contributed by atoms with Crippen LogP contribution in [0.2, 0.25) is 0 Å². The molecule has 1 N–H and O–H groups in total. The van der Waals surface area contributed by atoms with Gasteiger partial charge in [-0.2, -0.15) is 0 Å². The quantitative estimate of drug-likeness (QED) is 0.423. The van der Waals surface area contributed by atoms with E-state index in [0.717, 1.165) is 57.3 Å². The maximum Gasteiger partial charge on any atom is 0.248 e. The Balaban J connectivity index is 1.49. The minimum absolute atomic E-state index is 0.190. The number of allylic oxidation sites excluding steroid dienone is 1. The molecule has 5 heteroatoms. The van der Waals surface area contributed by atoms with Crippen LogP contribution in [0.15, 0.2) is 59.2 Å². The van der Waals surface area contributed by atoms with Crippen LogP contribution in [0.1, 0.15) is 36.7 Å². The van der Waals surface area contributed by atoms with Crippen molar-refractivity contribution in [2.45, 2.75) is 32.6 Å². The zero-order chi connectivity index (χ0) is 21.4. The molecule has 0 radical (unpaired) electrons. The summed E-state index contributed by atoms with van der Waals surface area (Å²) in [4.78, 5) is 17.2. The number of amides is 1. The lowest BCUT2D eigenvalue weighted by atomic mass is 9.94. The van der Waals surface area contributed by atoms with Gasteiger partial charge in [0.15, 0.2) is 0 Å². The second-order valence-electron chi connectivity index (χ2n) is 7.95. The number of benzene rings is 2. The molecule has 0 fully saturated rings. The van der Waals surface area contributed by atoms with Gasteiger partial charge in [-0.1, -0.05) is 6.07 Å². The molecule has 1 aliphatic carbocycles. The number of anilines is 1. The van der Waals surface area contributed by atoms with Crippen molar-refractivity contribution in [3.05, 3.63) is 71.6 Å². The number of nitrogens with one attached hydrogen (secondary N) is 1. The molecule has 2 aromatic carbocycles. The molecule has 2 heterocycles. The first-order valence-corrected chi connectivity index (χ1v) is 10.6. The van der Waals surface area contributed by atoms with E-state index in [1.165, 1.54) is 18.4 Å². The highest BCUT2D eigenvalue weighted by atomic mass is 16.5. The van der Waals surface area contributed by atoms with Crippen molar-refractivity contribution in [3.8, 4) is 5.75 Å². The fourth-order valence-electron chi connectivity index (χ4n) is 4.42. The SMILES string of the molecule is COc1cc2oc3c(c2cc1/C(C)=C/C(=O)Nc1cccc2ncccc12)CCCC3. The molecule has 0 unspecified atom stereocenters. The van der Waals surface area contributed by atoms with Crippen LogP contribution in [-0.2, 0) is 17.6 Å². The summed E-state index contributed by atoms with van der Waals surface area (Å²) in [7, 11) is 1.64. The number of hydrogen-bond acceptors (Lipinski definition) is 4. The highest BCUT2D eigenvalue weighted by molar-refractivity contribution is 6.08. The molecule has 31 heavy (non-hydrogen) atoms. The van der Waals surface area contributed by atoms with Crippen molar-refractivity contribution >= 4 is 39.0 Å². The predicted molar refractivity (Wildman–Crippen MR) is 123 cm³/mol. The van der Waals surface area contributed by atoms with Crippen LogP contribution in [0.4, 0.5) is 5.69 Å². The molecule has 156 valence electrons. The van der Waals surface area contributed by atoms with Gasteiger partial charge in [0, 0.05) is 46.7 Å². The van der Waals surface area contributed by atoms with E-state index in [1.54, 1.807) is 19.4 Å². The van der Waals surface area contributed by atoms with Gasteiger partial charge in [-0.05, 0) is 62.1 Å². The lowest BCUT2D eigenvalue weighted by Gasteiger charge is -2.11. The first-order valence-electron chi connectivity index (χ1n) is 10.6. The summed E-state index contributed by atoms with van der Waals surface area (Å²) in [6.07, 6.45) is 7.73. The summed E-state index contributed by atoms with van der Waals surface area (Å²) in [6, 6.07) is 13.6. The largest absolute Gasteiger partial charge is 0.496 e. The van der Waals surface area contributed by atoms with E-state index in [-0.39, 0.29) is 5.91 Å². The molecule has 0 aliphatic heterocycles. The number of aryl methyl sites for hydroxylation is 2. The Morgan fingerprint density at radius 2 is 2.00 bits per heavy atom. The van der Waals surface area contributed by atoms with Crippen molar-refractivity contribution in [1.29, 1.82) is 0 Å². The Labute approximate surface area is 180 Å². The van der Waals surface area contributed by atoms with E-state index in [1.807, 2.05) is 43.3 Å². The third kappa shape index (κ3) is 3.56. The van der Waals surface area contributed by atoms with Crippen molar-refractivity contribution < 1.29 is 13.9 Å². The van der Waals surface area contributed by atoms with Gasteiger partial charge in [-0.25, -0.2) is 0 Å². The van der Waals surface area contributed by atoms with Gasteiger partial charge in [0.1, 0.15) is 17.1 Å². The number of aromatic nitrogens is 1. The third-order valence-corrected chi connectivity index (χ3v) is 5.95. The van der Waals surface area contributed by atoms with Crippen LogP contribution >= 0.6 is 0 Å². The van der Waals surface area contributed by atoms with Gasteiger partial charge >= 0.3 is 0 Å². The van der Waals surface area contributed by atoms with Gasteiger partial charge in [0.2, 0.25) is 5.91 Å². The summed E-state index contributed by atoms with van der Waals surface area (Å²) in [5.74, 6) is 1.60. The Morgan fingerprint density at radius 1 is 1.13 bits per heavy atom. The van der Waals surface area contributed by atoms with E-state index in [0.29, 0.717) is 5.75 Å². The van der Waals surface area contributed by atoms with Crippen LogP contribution in [-0.4, -0.2) is 18.0 Å². The number of furan rings is 1. The molecular formula is C26H24N2O3. The highest BCUT2D eigenvalue weighted by Crippen LogP contribution is 2.38. The van der Waals surface area contributed by atoms with Gasteiger partial charge in [-0.15, -0.1) is 0 Å². The average molecular weight is 412 g/mol. The van der Waals surface area contributed by atoms with Crippen molar-refractivity contribution in [2.24, 2.45) is 0 Å². The molecule has 4 aromatic rings. The normalized spacial score (nSPS) is 13.9. The molecule has 0 saturated carbocycles. The van der Waals surface area contributed by atoms with Crippen molar-refractivity contribution in [2.75, 3.05) is 12.4 Å². The standard InChI is InChI=1S/C26H24N2O3/c1-16(13-26(29)28-22-10-5-9-21-18(22)8-6-12-27-21)19-14-20-17-7-3-4-11-23(17)31-25(20)15-24(19)30-2/h5-6,8-10,12-15H,3-4,7,11H2,1-2H3,(H,28,29)/b16-13+. The molecule has 0 atom stereocenters. The minimum atomic E-state index is -0.190. The van der Waals surface area contributed by atoms with Crippen LogP contribution in [0, 0.1) is 0 Å². The number of carbonyl (C=O) groups is 1. The Hall–Kier alpha value is -3.60. The fourth-order valence-corrected chi connectivity index (χ4v) is 4.42. The van der Waals surface area contributed by atoms with Gasteiger partial charge in [0.25, 0.3) is 0 Å². The van der Waals surface area contributed by atoms with Crippen molar-refractivity contribution in [1.82, 2.24) is 4.98 Å². The second kappa shape index (κ2) is 7.91. The van der Waals surface area contributed by atoms with Gasteiger partial charge in [-0.3, -0.25) is 9.78 Å². The fraction of sp³-hybridized carbons (Fsp3) is 0.231. The molecular weight excluding hydrogens is 388 g/mol. The third-order valence-electron chi connectivity index (χ3n) is 5.95. The Kier molecular flexibility index (Phi) is 4.94. The van der Waals surface area contributed by atoms with E-state index in [2.05, 4.69) is 16.4 Å². The molecule has 5 rings (SSSR count). The number of nitrogens with zero attached hydrogens (tertiary/aromatic N) is 1. The number of pyridine rings is 1. The number of carbonyl (C=O) groups excluding carboxylic acids is 1. The Bertz CT molecular complexity index is 1330. The first-order chi connectivity index (χ1) is 15.1. The number of ether oxygens (including phenoxy) is 1. The van der Waals surface area contributed by atoms with E-state index >= 15 is 0 Å². The number of hydrogen-bond donors (Lipinski definition) is 1. The topological polar surface area (TPSA) is 64.4 Å². The highest BCUT2D eigenvalue weighted by Gasteiger charge is 2.20. The zero-order valence-electron chi connectivity index (χ0n) is 17.7. The maximum absolute atomic E-state index is 12.8. The number of rotatable bonds is 4. The summed E-state index contributed by atoms with van der Waals surface area (Å²) in [5, 5.41) is 5.02. The summed E-state index contributed by atoms with van der Waals surface area (Å²) >= 11 is 0. The van der Waals surface area contributed by atoms with Crippen molar-refractivity contribution in [3.63, 3.8) is 0 Å². The van der Waals surface area contributed by atoms with E-state index in [4.69, 9.17) is 9.15 Å². The molecule has 1 aliphatic rings. The van der Waals surface area contributed by atoms with Gasteiger partial charge in [0.05, 0.1) is 18.3 Å². The predicted octanol–water partition coefficient (Wildman–Crippen LogP) is 5.91. The molecule has 0 bridgehead atoms. The summed E-state index contributed by atoms with van der Waals surface area (Å²) in [5.41, 5.74) is 5.47. The van der Waals surface area contributed by atoms with Crippen LogP contribution in [0.3, 0.4) is 0 Å². The molecule has 5 nitrogen and oxygen atoms in total. The average Bonchev–Trinajstić information content (AvgIpc) is 3.16. The Morgan fingerprint density at radius 3 is 2.87 bits per heavy atom. The van der Waals surface area contributed by atoms with Crippen LogP contribution in [0.25, 0.3) is 27.4 Å². The smallest absolute Gasteiger partial charge is 0.248 e. The van der Waals surface area contributed by atoms with E-state index in [9.17, 15) is 4.79 Å². The van der Waals surface area contributed by atoms with Crippen LogP contribution in [0.5, 0.6) is 5.75 Å². The lowest BCUT2D eigenvalue weighted by Crippen LogP contribution is -2.09. The maximum atomic E-state index is 12.8. The summed E-state index contributed by atoms with van der Waals surface area (Å²) < 4.78 is 11.7. The zero-order valence-corrected chi connectivity index (χ0v) is 17.7. The lowest BCUT2D eigenvalue weighted by molar-refractivity contribution is -0.111.